The molecular formula is C13H14F2O3. The number of hydrogen-bond acceptors (Lipinski definition) is 2. The number of unbranched alkanes of at least 4 members (excludes halogenated alkanes) is 2. The maximum atomic E-state index is 13.2. The van der Waals surface area contributed by atoms with Crippen molar-refractivity contribution in [2.45, 2.75) is 32.1 Å². The fourth-order valence-corrected chi connectivity index (χ4v) is 1.58. The standard InChI is InChI=1S/C13H14F2O3/c14-9-6-7-11(15)10(8-9)12(16)4-2-1-3-5-13(17)18/h6-8H,1-5H2,(H,17,18). The number of carbonyl (C=O) groups is 2. The summed E-state index contributed by atoms with van der Waals surface area (Å²) in [5.41, 5.74) is -0.242. The predicted octanol–water partition coefficient (Wildman–Crippen LogP) is 3.18. The summed E-state index contributed by atoms with van der Waals surface area (Å²) in [7, 11) is 0. The van der Waals surface area contributed by atoms with E-state index in [0.717, 1.165) is 18.2 Å². The second kappa shape index (κ2) is 6.83. The normalized spacial score (nSPS) is 10.3. The molecule has 1 aromatic carbocycles. The zero-order valence-corrected chi connectivity index (χ0v) is 9.79. The molecule has 1 aromatic rings. The molecule has 18 heavy (non-hydrogen) atoms. The van der Waals surface area contributed by atoms with Crippen LogP contribution in [0.2, 0.25) is 0 Å². The lowest BCUT2D eigenvalue weighted by Crippen LogP contribution is -2.03. The molecule has 0 amide bonds. The Kier molecular flexibility index (Phi) is 5.42. The van der Waals surface area contributed by atoms with Gasteiger partial charge in [0.15, 0.2) is 5.78 Å². The molecule has 0 saturated carbocycles. The molecule has 0 fully saturated rings. The number of rotatable bonds is 7. The summed E-state index contributed by atoms with van der Waals surface area (Å²) in [6.07, 6.45) is 1.69. The number of aliphatic carboxylic acids is 1. The van der Waals surface area contributed by atoms with Crippen molar-refractivity contribution in [3.05, 3.63) is 35.4 Å². The van der Waals surface area contributed by atoms with Gasteiger partial charge in [-0.1, -0.05) is 6.42 Å². The van der Waals surface area contributed by atoms with Gasteiger partial charge < -0.3 is 5.11 Å². The van der Waals surface area contributed by atoms with Crippen molar-refractivity contribution in [3.63, 3.8) is 0 Å². The van der Waals surface area contributed by atoms with E-state index in [9.17, 15) is 18.4 Å². The Hall–Kier alpha value is -1.78. The first-order valence-electron chi connectivity index (χ1n) is 5.70. The van der Waals surface area contributed by atoms with Gasteiger partial charge in [0.1, 0.15) is 11.6 Å². The van der Waals surface area contributed by atoms with E-state index < -0.39 is 23.4 Å². The van der Waals surface area contributed by atoms with Crippen LogP contribution < -0.4 is 0 Å². The number of carboxylic acids is 1. The lowest BCUT2D eigenvalue weighted by molar-refractivity contribution is -0.137. The highest BCUT2D eigenvalue weighted by molar-refractivity contribution is 5.96. The van der Waals surface area contributed by atoms with Crippen LogP contribution >= 0.6 is 0 Å². The number of ketones is 1. The first-order valence-corrected chi connectivity index (χ1v) is 5.70. The van der Waals surface area contributed by atoms with Crippen molar-refractivity contribution in [2.24, 2.45) is 0 Å². The Morgan fingerprint density at radius 3 is 2.39 bits per heavy atom. The van der Waals surface area contributed by atoms with E-state index in [4.69, 9.17) is 5.11 Å². The summed E-state index contributed by atoms with van der Waals surface area (Å²) < 4.78 is 26.1. The van der Waals surface area contributed by atoms with Crippen LogP contribution in [0, 0.1) is 11.6 Å². The Morgan fingerprint density at radius 1 is 1.06 bits per heavy atom. The predicted molar refractivity (Wildman–Crippen MR) is 61.4 cm³/mol. The maximum Gasteiger partial charge on any atom is 0.303 e. The Labute approximate surface area is 103 Å². The van der Waals surface area contributed by atoms with Gasteiger partial charge >= 0.3 is 5.97 Å². The molecule has 0 saturated heterocycles. The van der Waals surface area contributed by atoms with Crippen molar-refractivity contribution in [3.8, 4) is 0 Å². The molecule has 0 unspecified atom stereocenters. The van der Waals surface area contributed by atoms with Crippen LogP contribution in [0.1, 0.15) is 42.5 Å². The van der Waals surface area contributed by atoms with Crippen LogP contribution in [0.15, 0.2) is 18.2 Å². The monoisotopic (exact) mass is 256 g/mol. The number of carbonyl (C=O) groups excluding carboxylic acids is 1. The van der Waals surface area contributed by atoms with Gasteiger partial charge in [-0.15, -0.1) is 0 Å². The summed E-state index contributed by atoms with van der Waals surface area (Å²) in [5.74, 6) is -2.71. The van der Waals surface area contributed by atoms with E-state index in [-0.39, 0.29) is 18.4 Å². The molecule has 0 heterocycles. The molecule has 0 aromatic heterocycles. The highest BCUT2D eigenvalue weighted by atomic mass is 19.1. The van der Waals surface area contributed by atoms with E-state index in [1.807, 2.05) is 0 Å². The molecule has 0 aliphatic carbocycles. The Morgan fingerprint density at radius 2 is 1.72 bits per heavy atom. The van der Waals surface area contributed by atoms with E-state index >= 15 is 0 Å². The smallest absolute Gasteiger partial charge is 0.303 e. The highest BCUT2D eigenvalue weighted by Crippen LogP contribution is 2.14. The highest BCUT2D eigenvalue weighted by Gasteiger charge is 2.12. The van der Waals surface area contributed by atoms with Crippen molar-refractivity contribution >= 4 is 11.8 Å². The fraction of sp³-hybridized carbons (Fsp3) is 0.385. The van der Waals surface area contributed by atoms with Gasteiger partial charge in [0.2, 0.25) is 0 Å². The van der Waals surface area contributed by atoms with E-state index in [0.29, 0.717) is 19.3 Å². The lowest BCUT2D eigenvalue weighted by Gasteiger charge is -2.02. The molecule has 0 atom stereocenters. The summed E-state index contributed by atoms with van der Waals surface area (Å²) in [4.78, 5) is 21.8. The van der Waals surface area contributed by atoms with Gasteiger partial charge in [-0.05, 0) is 31.0 Å². The average molecular weight is 256 g/mol. The van der Waals surface area contributed by atoms with Gasteiger partial charge in [-0.25, -0.2) is 8.78 Å². The first-order chi connectivity index (χ1) is 8.50. The van der Waals surface area contributed by atoms with Gasteiger partial charge in [0.05, 0.1) is 5.56 Å². The van der Waals surface area contributed by atoms with Gasteiger partial charge in [0.25, 0.3) is 0 Å². The second-order valence-electron chi connectivity index (χ2n) is 4.00. The third kappa shape index (κ3) is 4.61. The number of halogens is 2. The number of carboxylic acid groups (broad SMARTS) is 1. The first kappa shape index (κ1) is 14.3. The molecule has 0 aliphatic heterocycles. The molecule has 98 valence electrons. The molecule has 1 rings (SSSR count). The summed E-state index contributed by atoms with van der Waals surface area (Å²) >= 11 is 0. The molecule has 0 aliphatic rings. The third-order valence-corrected chi connectivity index (χ3v) is 2.52. The molecule has 0 spiro atoms. The van der Waals surface area contributed by atoms with Crippen LogP contribution in [0.3, 0.4) is 0 Å². The largest absolute Gasteiger partial charge is 0.481 e. The van der Waals surface area contributed by atoms with E-state index in [2.05, 4.69) is 0 Å². The average Bonchev–Trinajstić information content (AvgIpc) is 2.31. The molecule has 5 heteroatoms. The van der Waals surface area contributed by atoms with Gasteiger partial charge in [-0.3, -0.25) is 9.59 Å². The quantitative estimate of drug-likeness (QED) is 0.602. The molecule has 0 bridgehead atoms. The summed E-state index contributed by atoms with van der Waals surface area (Å²) in [6, 6.07) is 2.76. The zero-order chi connectivity index (χ0) is 13.5. The molecule has 1 N–H and O–H groups in total. The zero-order valence-electron chi connectivity index (χ0n) is 9.79. The molecule has 0 radical (unpaired) electrons. The van der Waals surface area contributed by atoms with E-state index in [1.165, 1.54) is 0 Å². The SMILES string of the molecule is O=C(O)CCCCCC(=O)c1cc(F)ccc1F. The van der Waals surface area contributed by atoms with Crippen molar-refractivity contribution in [1.29, 1.82) is 0 Å². The Bertz CT molecular complexity index is 444. The Balaban J connectivity index is 2.41. The molecule has 3 nitrogen and oxygen atoms in total. The minimum absolute atomic E-state index is 0.0581. The lowest BCUT2D eigenvalue weighted by atomic mass is 10.0. The minimum Gasteiger partial charge on any atom is -0.481 e. The van der Waals surface area contributed by atoms with Crippen molar-refractivity contribution < 1.29 is 23.5 Å². The topological polar surface area (TPSA) is 54.4 Å². The number of Topliss-reactive ketones (excluding diaryl/α,β-unsaturated/α-hetero) is 1. The van der Waals surface area contributed by atoms with Crippen LogP contribution in [0.25, 0.3) is 0 Å². The third-order valence-electron chi connectivity index (χ3n) is 2.52. The number of hydrogen-bond donors (Lipinski definition) is 1. The van der Waals surface area contributed by atoms with Crippen LogP contribution in [-0.4, -0.2) is 16.9 Å². The van der Waals surface area contributed by atoms with Gasteiger partial charge in [-0.2, -0.15) is 0 Å². The van der Waals surface area contributed by atoms with Crippen LogP contribution in [0.4, 0.5) is 8.78 Å². The minimum atomic E-state index is -0.877. The molecular weight excluding hydrogens is 242 g/mol. The van der Waals surface area contributed by atoms with Crippen LogP contribution in [-0.2, 0) is 4.79 Å². The van der Waals surface area contributed by atoms with Crippen LogP contribution in [0.5, 0.6) is 0 Å². The second-order valence-corrected chi connectivity index (χ2v) is 4.00. The summed E-state index contributed by atoms with van der Waals surface area (Å²) in [6.45, 7) is 0. The van der Waals surface area contributed by atoms with E-state index in [1.54, 1.807) is 0 Å². The summed E-state index contributed by atoms with van der Waals surface area (Å²) in [5, 5.41) is 8.41. The maximum absolute atomic E-state index is 13.2. The van der Waals surface area contributed by atoms with Crippen molar-refractivity contribution in [1.82, 2.24) is 0 Å². The van der Waals surface area contributed by atoms with Gasteiger partial charge in [0, 0.05) is 12.8 Å². The fourth-order valence-electron chi connectivity index (χ4n) is 1.58. The number of benzene rings is 1. The van der Waals surface area contributed by atoms with Crippen molar-refractivity contribution in [2.75, 3.05) is 0 Å².